The zero-order chi connectivity index (χ0) is 10.4. The van der Waals surface area contributed by atoms with Crippen LogP contribution in [-0.4, -0.2) is 19.7 Å². The summed E-state index contributed by atoms with van der Waals surface area (Å²) in [5, 5.41) is 4.75. The van der Waals surface area contributed by atoms with E-state index in [9.17, 15) is 9.59 Å². The first-order chi connectivity index (χ1) is 7.25. The number of nitrogens with zero attached hydrogens (tertiary/aromatic N) is 2. The van der Waals surface area contributed by atoms with Gasteiger partial charge in [0.2, 0.25) is 0 Å². The molecule has 0 amide bonds. The fourth-order valence-corrected chi connectivity index (χ4v) is 2.12. The molecule has 15 heavy (non-hydrogen) atoms. The Morgan fingerprint density at radius 2 is 2.07 bits per heavy atom. The lowest BCUT2D eigenvalue weighted by molar-refractivity contribution is 0.490. The van der Waals surface area contributed by atoms with Crippen molar-refractivity contribution in [2.24, 2.45) is 0 Å². The lowest BCUT2D eigenvalue weighted by Gasteiger charge is -2.12. The standard InChI is InChI=1S/C9H10N4O2/c14-8-6-5-3-1-2-4-13(5)12-7(6)10-9(15)11-8/h1-4H2,(H2,10,11,12,14,15). The molecule has 2 N–H and O–H groups in total. The first kappa shape index (κ1) is 8.46. The van der Waals surface area contributed by atoms with E-state index in [0.717, 1.165) is 31.5 Å². The van der Waals surface area contributed by atoms with E-state index in [1.54, 1.807) is 0 Å². The summed E-state index contributed by atoms with van der Waals surface area (Å²) in [6, 6.07) is 0. The summed E-state index contributed by atoms with van der Waals surface area (Å²) < 4.78 is 1.82. The summed E-state index contributed by atoms with van der Waals surface area (Å²) >= 11 is 0. The molecule has 0 aliphatic carbocycles. The molecule has 0 bridgehead atoms. The number of fused-ring (bicyclic) bond motifs is 3. The lowest BCUT2D eigenvalue weighted by atomic mass is 10.1. The highest BCUT2D eigenvalue weighted by Gasteiger charge is 2.17. The van der Waals surface area contributed by atoms with Crippen LogP contribution in [0.4, 0.5) is 0 Å². The van der Waals surface area contributed by atoms with Gasteiger partial charge >= 0.3 is 5.69 Å². The Labute approximate surface area is 83.9 Å². The van der Waals surface area contributed by atoms with E-state index in [4.69, 9.17) is 0 Å². The molecule has 3 heterocycles. The monoisotopic (exact) mass is 206 g/mol. The van der Waals surface area contributed by atoms with Gasteiger partial charge in [-0.05, 0) is 19.3 Å². The average Bonchev–Trinajstić information content (AvgIpc) is 2.54. The van der Waals surface area contributed by atoms with Crippen LogP contribution in [0.3, 0.4) is 0 Å². The van der Waals surface area contributed by atoms with Crippen LogP contribution in [0, 0.1) is 0 Å². The van der Waals surface area contributed by atoms with Gasteiger partial charge in [0.15, 0.2) is 5.65 Å². The Hall–Kier alpha value is -1.85. The van der Waals surface area contributed by atoms with Gasteiger partial charge in [0.1, 0.15) is 5.39 Å². The summed E-state index contributed by atoms with van der Waals surface area (Å²) in [5.41, 5.74) is 0.509. The van der Waals surface area contributed by atoms with E-state index < -0.39 is 5.69 Å². The van der Waals surface area contributed by atoms with Crippen molar-refractivity contribution in [2.75, 3.05) is 0 Å². The number of aromatic amines is 2. The predicted molar refractivity (Wildman–Crippen MR) is 53.9 cm³/mol. The van der Waals surface area contributed by atoms with Gasteiger partial charge in [0.25, 0.3) is 5.56 Å². The van der Waals surface area contributed by atoms with Crippen LogP contribution < -0.4 is 11.2 Å². The van der Waals surface area contributed by atoms with Gasteiger partial charge in [-0.1, -0.05) is 0 Å². The van der Waals surface area contributed by atoms with Crippen molar-refractivity contribution in [1.29, 1.82) is 0 Å². The van der Waals surface area contributed by atoms with Crippen molar-refractivity contribution in [3.05, 3.63) is 26.5 Å². The van der Waals surface area contributed by atoms with Crippen molar-refractivity contribution in [3.8, 4) is 0 Å². The minimum Gasteiger partial charge on any atom is -0.290 e. The third kappa shape index (κ3) is 1.14. The highest BCUT2D eigenvalue weighted by molar-refractivity contribution is 5.76. The Kier molecular flexibility index (Phi) is 1.59. The number of rotatable bonds is 0. The normalized spacial score (nSPS) is 15.5. The van der Waals surface area contributed by atoms with Crippen molar-refractivity contribution >= 4 is 11.0 Å². The fraction of sp³-hybridized carbons (Fsp3) is 0.444. The molecule has 3 rings (SSSR count). The Morgan fingerprint density at radius 1 is 1.20 bits per heavy atom. The Balaban J connectivity index is 2.47. The second-order valence-corrected chi connectivity index (χ2v) is 3.76. The van der Waals surface area contributed by atoms with E-state index in [2.05, 4.69) is 15.1 Å². The van der Waals surface area contributed by atoms with Gasteiger partial charge in [0, 0.05) is 6.54 Å². The highest BCUT2D eigenvalue weighted by Crippen LogP contribution is 2.19. The molecular formula is C9H10N4O2. The van der Waals surface area contributed by atoms with Gasteiger partial charge in [0.05, 0.1) is 5.69 Å². The van der Waals surface area contributed by atoms with Crippen LogP contribution in [0.2, 0.25) is 0 Å². The molecule has 1 aliphatic rings. The number of H-pyrrole nitrogens is 2. The zero-order valence-corrected chi connectivity index (χ0v) is 8.04. The van der Waals surface area contributed by atoms with Gasteiger partial charge in [-0.25, -0.2) is 4.79 Å². The third-order valence-electron chi connectivity index (χ3n) is 2.78. The molecule has 2 aromatic heterocycles. The molecule has 0 aromatic carbocycles. The molecule has 0 radical (unpaired) electrons. The molecular weight excluding hydrogens is 196 g/mol. The highest BCUT2D eigenvalue weighted by atomic mass is 16.2. The topological polar surface area (TPSA) is 83.5 Å². The molecule has 0 saturated carbocycles. The number of hydrogen-bond acceptors (Lipinski definition) is 3. The Morgan fingerprint density at radius 3 is 2.93 bits per heavy atom. The van der Waals surface area contributed by atoms with Crippen LogP contribution in [0.1, 0.15) is 18.5 Å². The third-order valence-corrected chi connectivity index (χ3v) is 2.78. The van der Waals surface area contributed by atoms with Crippen molar-refractivity contribution < 1.29 is 0 Å². The van der Waals surface area contributed by atoms with E-state index >= 15 is 0 Å². The molecule has 78 valence electrons. The van der Waals surface area contributed by atoms with E-state index in [0.29, 0.717) is 11.0 Å². The SMILES string of the molecule is O=c1[nH]c(=O)c2c3n(nc2[nH]1)CCCC3. The second kappa shape index (κ2) is 2.82. The molecule has 0 spiro atoms. The van der Waals surface area contributed by atoms with Crippen LogP contribution >= 0.6 is 0 Å². The van der Waals surface area contributed by atoms with Crippen LogP contribution in [0.15, 0.2) is 9.59 Å². The molecule has 1 aliphatic heterocycles. The summed E-state index contributed by atoms with van der Waals surface area (Å²) in [4.78, 5) is 27.4. The van der Waals surface area contributed by atoms with Crippen LogP contribution in [0.5, 0.6) is 0 Å². The van der Waals surface area contributed by atoms with Gasteiger partial charge < -0.3 is 0 Å². The molecule has 2 aromatic rings. The summed E-state index contributed by atoms with van der Waals surface area (Å²) in [5.74, 6) is 0. The zero-order valence-electron chi connectivity index (χ0n) is 8.04. The molecule has 0 saturated heterocycles. The fourth-order valence-electron chi connectivity index (χ4n) is 2.12. The van der Waals surface area contributed by atoms with E-state index in [-0.39, 0.29) is 5.56 Å². The van der Waals surface area contributed by atoms with Crippen molar-refractivity contribution in [2.45, 2.75) is 25.8 Å². The first-order valence-electron chi connectivity index (χ1n) is 4.98. The summed E-state index contributed by atoms with van der Waals surface area (Å²) in [6.07, 6.45) is 2.99. The second-order valence-electron chi connectivity index (χ2n) is 3.76. The smallest absolute Gasteiger partial charge is 0.290 e. The molecule has 6 nitrogen and oxygen atoms in total. The van der Waals surface area contributed by atoms with Crippen molar-refractivity contribution in [1.82, 2.24) is 19.7 Å². The lowest BCUT2D eigenvalue weighted by Crippen LogP contribution is -2.22. The molecule has 0 fully saturated rings. The summed E-state index contributed by atoms with van der Waals surface area (Å²) in [7, 11) is 0. The minimum absolute atomic E-state index is 0.336. The molecule has 0 atom stereocenters. The number of aromatic nitrogens is 4. The van der Waals surface area contributed by atoms with Crippen LogP contribution in [0.25, 0.3) is 11.0 Å². The van der Waals surface area contributed by atoms with Gasteiger partial charge in [-0.15, -0.1) is 0 Å². The maximum absolute atomic E-state index is 11.6. The van der Waals surface area contributed by atoms with E-state index in [1.807, 2.05) is 4.68 Å². The number of hydrogen-bond donors (Lipinski definition) is 2. The van der Waals surface area contributed by atoms with Gasteiger partial charge in [-0.3, -0.25) is 19.4 Å². The first-order valence-corrected chi connectivity index (χ1v) is 4.98. The predicted octanol–water partition coefficient (Wildman–Crippen LogP) is -0.251. The van der Waals surface area contributed by atoms with Crippen molar-refractivity contribution in [3.63, 3.8) is 0 Å². The minimum atomic E-state index is -0.497. The largest absolute Gasteiger partial charge is 0.327 e. The van der Waals surface area contributed by atoms with Crippen LogP contribution in [-0.2, 0) is 13.0 Å². The van der Waals surface area contributed by atoms with Gasteiger partial charge in [-0.2, -0.15) is 5.10 Å². The number of nitrogens with one attached hydrogen (secondary N) is 2. The van der Waals surface area contributed by atoms with E-state index in [1.165, 1.54) is 0 Å². The average molecular weight is 206 g/mol. The quantitative estimate of drug-likeness (QED) is 0.623. The maximum Gasteiger partial charge on any atom is 0.327 e. The summed E-state index contributed by atoms with van der Waals surface area (Å²) in [6.45, 7) is 0.825. The Bertz CT molecular complexity index is 634. The number of aryl methyl sites for hydroxylation is 2. The molecule has 6 heteroatoms. The molecule has 0 unspecified atom stereocenters. The maximum atomic E-state index is 11.6.